The maximum absolute atomic E-state index is 12.2. The second kappa shape index (κ2) is 4.66. The lowest BCUT2D eigenvalue weighted by molar-refractivity contribution is -0.133. The van der Waals surface area contributed by atoms with E-state index in [4.69, 9.17) is 18.0 Å². The number of halogens is 1. The number of thiocarbonyl (C=S) groups is 1. The molecular formula is C11H13BrN2OS2. The third-order valence-electron chi connectivity index (χ3n) is 3.02. The summed E-state index contributed by atoms with van der Waals surface area (Å²) in [6, 6.07) is 2.02. The van der Waals surface area contributed by atoms with Crippen molar-refractivity contribution in [1.82, 2.24) is 4.90 Å². The van der Waals surface area contributed by atoms with Crippen LogP contribution in [0.4, 0.5) is 0 Å². The van der Waals surface area contributed by atoms with Gasteiger partial charge in [0, 0.05) is 13.6 Å². The number of hydrogen-bond donors (Lipinski definition) is 1. The van der Waals surface area contributed by atoms with Crippen LogP contribution in [0.15, 0.2) is 15.2 Å². The van der Waals surface area contributed by atoms with Gasteiger partial charge in [0.1, 0.15) is 0 Å². The molecule has 17 heavy (non-hydrogen) atoms. The first-order chi connectivity index (χ1) is 7.95. The smallest absolute Gasteiger partial charge is 0.235 e. The van der Waals surface area contributed by atoms with Crippen molar-refractivity contribution >= 4 is 50.4 Å². The molecule has 92 valence electrons. The molecule has 1 aliphatic rings. The topological polar surface area (TPSA) is 46.3 Å². The van der Waals surface area contributed by atoms with Crippen molar-refractivity contribution in [3.05, 3.63) is 20.8 Å². The Morgan fingerprint density at radius 3 is 2.76 bits per heavy atom. The van der Waals surface area contributed by atoms with E-state index in [2.05, 4.69) is 15.9 Å². The molecular weight excluding hydrogens is 320 g/mol. The Bertz CT molecular complexity index is 468. The van der Waals surface area contributed by atoms with Gasteiger partial charge in [0.2, 0.25) is 5.91 Å². The Balaban J connectivity index is 2.03. The number of rotatable bonds is 4. The van der Waals surface area contributed by atoms with E-state index in [1.165, 1.54) is 0 Å². The molecule has 0 bridgehead atoms. The van der Waals surface area contributed by atoms with Crippen LogP contribution in [0.3, 0.4) is 0 Å². The lowest BCUT2D eigenvalue weighted by atomic mass is 10.1. The molecule has 0 atom stereocenters. The van der Waals surface area contributed by atoms with Crippen molar-refractivity contribution in [2.24, 2.45) is 11.1 Å². The normalized spacial score (nSPS) is 16.6. The molecule has 0 unspecified atom stereocenters. The molecule has 1 saturated carbocycles. The van der Waals surface area contributed by atoms with Crippen LogP contribution >= 0.6 is 39.5 Å². The fourth-order valence-electron chi connectivity index (χ4n) is 1.83. The highest BCUT2D eigenvalue weighted by Crippen LogP contribution is 2.47. The highest BCUT2D eigenvalue weighted by atomic mass is 79.9. The SMILES string of the molecule is CN(Cc1csc(Br)c1)C(=O)C1(C(N)=S)CC1. The zero-order chi connectivity index (χ0) is 12.6. The molecule has 1 amide bonds. The predicted octanol–water partition coefficient (Wildman–Crippen LogP) is 2.54. The zero-order valence-electron chi connectivity index (χ0n) is 9.40. The average molecular weight is 333 g/mol. The number of amides is 1. The van der Waals surface area contributed by atoms with Crippen LogP contribution in [0.1, 0.15) is 18.4 Å². The molecule has 2 rings (SSSR count). The van der Waals surface area contributed by atoms with Gasteiger partial charge in [0.25, 0.3) is 0 Å². The first-order valence-corrected chi connectivity index (χ1v) is 7.32. The molecule has 0 radical (unpaired) electrons. The first kappa shape index (κ1) is 13.0. The van der Waals surface area contributed by atoms with Crippen molar-refractivity contribution in [1.29, 1.82) is 0 Å². The molecule has 0 aromatic carbocycles. The van der Waals surface area contributed by atoms with Gasteiger partial charge in [0.15, 0.2) is 0 Å². The molecule has 0 spiro atoms. The van der Waals surface area contributed by atoms with E-state index >= 15 is 0 Å². The molecule has 3 nitrogen and oxygen atoms in total. The van der Waals surface area contributed by atoms with Crippen LogP contribution in [0, 0.1) is 5.41 Å². The number of thiophene rings is 1. The summed E-state index contributed by atoms with van der Waals surface area (Å²) in [5.41, 5.74) is 6.22. The van der Waals surface area contributed by atoms with E-state index in [1.807, 2.05) is 11.4 Å². The lowest BCUT2D eigenvalue weighted by Gasteiger charge is -2.22. The summed E-state index contributed by atoms with van der Waals surface area (Å²) in [6.45, 7) is 0.602. The molecule has 1 heterocycles. The Hall–Kier alpha value is -0.460. The van der Waals surface area contributed by atoms with E-state index in [0.29, 0.717) is 11.5 Å². The van der Waals surface area contributed by atoms with Crippen LogP contribution in [0.25, 0.3) is 0 Å². The van der Waals surface area contributed by atoms with Gasteiger partial charge in [-0.3, -0.25) is 4.79 Å². The van der Waals surface area contributed by atoms with Crippen molar-refractivity contribution in [3.8, 4) is 0 Å². The first-order valence-electron chi connectivity index (χ1n) is 5.24. The Morgan fingerprint density at radius 2 is 2.35 bits per heavy atom. The van der Waals surface area contributed by atoms with Gasteiger partial charge in [-0.1, -0.05) is 12.2 Å². The van der Waals surface area contributed by atoms with Crippen LogP contribution in [-0.2, 0) is 11.3 Å². The highest BCUT2D eigenvalue weighted by Gasteiger charge is 2.53. The molecule has 6 heteroatoms. The van der Waals surface area contributed by atoms with Crippen molar-refractivity contribution in [2.45, 2.75) is 19.4 Å². The van der Waals surface area contributed by atoms with Gasteiger partial charge in [-0.15, -0.1) is 11.3 Å². The molecule has 1 aromatic heterocycles. The molecule has 2 N–H and O–H groups in total. The largest absolute Gasteiger partial charge is 0.392 e. The minimum Gasteiger partial charge on any atom is -0.392 e. The number of nitrogens with zero attached hydrogens (tertiary/aromatic N) is 1. The van der Waals surface area contributed by atoms with Crippen molar-refractivity contribution in [3.63, 3.8) is 0 Å². The summed E-state index contributed by atoms with van der Waals surface area (Å²) < 4.78 is 1.07. The minimum atomic E-state index is -0.544. The standard InChI is InChI=1S/C11H13BrN2OS2/c1-14(5-7-4-8(12)17-6-7)10(15)11(2-3-11)9(13)16/h4,6H,2-3,5H2,1H3,(H2,13,16). The fraction of sp³-hybridized carbons (Fsp3) is 0.455. The van der Waals surface area contributed by atoms with E-state index in [-0.39, 0.29) is 5.91 Å². The lowest BCUT2D eigenvalue weighted by Crippen LogP contribution is -2.40. The summed E-state index contributed by atoms with van der Waals surface area (Å²) in [5, 5.41) is 2.04. The number of hydrogen-bond acceptors (Lipinski definition) is 3. The number of carbonyl (C=O) groups is 1. The van der Waals surface area contributed by atoms with Gasteiger partial charge >= 0.3 is 0 Å². The third kappa shape index (κ3) is 2.53. The maximum Gasteiger partial charge on any atom is 0.235 e. The second-order valence-corrected chi connectivity index (χ2v) is 7.10. The Morgan fingerprint density at radius 1 is 1.71 bits per heavy atom. The summed E-state index contributed by atoms with van der Waals surface area (Å²) in [6.07, 6.45) is 1.58. The molecule has 1 aromatic rings. The molecule has 0 saturated heterocycles. The fourth-order valence-corrected chi connectivity index (χ4v) is 3.32. The van der Waals surface area contributed by atoms with Gasteiger partial charge in [-0.2, -0.15) is 0 Å². The summed E-state index contributed by atoms with van der Waals surface area (Å²) in [5.74, 6) is 0.0484. The quantitative estimate of drug-likeness (QED) is 0.862. The average Bonchev–Trinajstić information content (AvgIpc) is 2.98. The monoisotopic (exact) mass is 332 g/mol. The van der Waals surface area contributed by atoms with E-state index < -0.39 is 5.41 Å². The van der Waals surface area contributed by atoms with Crippen LogP contribution in [0.2, 0.25) is 0 Å². The van der Waals surface area contributed by atoms with Gasteiger partial charge in [0.05, 0.1) is 14.2 Å². The predicted molar refractivity (Wildman–Crippen MR) is 76.9 cm³/mol. The Labute approximate surface area is 118 Å². The van der Waals surface area contributed by atoms with Crippen LogP contribution < -0.4 is 5.73 Å². The molecule has 1 fully saturated rings. The van der Waals surface area contributed by atoms with Crippen LogP contribution in [0.5, 0.6) is 0 Å². The number of nitrogens with two attached hydrogens (primary N) is 1. The van der Waals surface area contributed by atoms with Gasteiger partial charge in [-0.05, 0) is 45.8 Å². The van der Waals surface area contributed by atoms with Crippen LogP contribution in [-0.4, -0.2) is 22.8 Å². The Kier molecular flexibility index (Phi) is 3.56. The highest BCUT2D eigenvalue weighted by molar-refractivity contribution is 9.11. The second-order valence-electron chi connectivity index (χ2n) is 4.37. The van der Waals surface area contributed by atoms with Crippen molar-refractivity contribution in [2.75, 3.05) is 7.05 Å². The summed E-state index contributed by atoms with van der Waals surface area (Å²) in [4.78, 5) is 14.3. The van der Waals surface area contributed by atoms with Crippen molar-refractivity contribution < 1.29 is 4.79 Å². The molecule has 0 aliphatic heterocycles. The van der Waals surface area contributed by atoms with Gasteiger partial charge in [-0.25, -0.2) is 0 Å². The van der Waals surface area contributed by atoms with E-state index in [0.717, 1.165) is 22.2 Å². The maximum atomic E-state index is 12.2. The summed E-state index contributed by atoms with van der Waals surface area (Å²) >= 11 is 10.0. The van der Waals surface area contributed by atoms with E-state index in [9.17, 15) is 4.79 Å². The number of carbonyl (C=O) groups excluding carboxylic acids is 1. The van der Waals surface area contributed by atoms with E-state index in [1.54, 1.807) is 23.3 Å². The minimum absolute atomic E-state index is 0.0484. The third-order valence-corrected chi connectivity index (χ3v) is 4.96. The summed E-state index contributed by atoms with van der Waals surface area (Å²) in [7, 11) is 1.80. The molecule has 1 aliphatic carbocycles. The van der Waals surface area contributed by atoms with Gasteiger partial charge < -0.3 is 10.6 Å². The zero-order valence-corrected chi connectivity index (χ0v) is 12.6.